The van der Waals surface area contributed by atoms with Gasteiger partial charge in [-0.1, -0.05) is 13.8 Å². The van der Waals surface area contributed by atoms with Crippen LogP contribution in [0.25, 0.3) is 0 Å². The summed E-state index contributed by atoms with van der Waals surface area (Å²) in [6.07, 6.45) is 3.38. The summed E-state index contributed by atoms with van der Waals surface area (Å²) in [6.45, 7) is 8.25. The number of piperidine rings is 1. The van der Waals surface area contributed by atoms with Gasteiger partial charge in [0.25, 0.3) is 0 Å². The van der Waals surface area contributed by atoms with Gasteiger partial charge >= 0.3 is 0 Å². The molecule has 1 N–H and O–H groups in total. The lowest BCUT2D eigenvalue weighted by Gasteiger charge is -2.32. The van der Waals surface area contributed by atoms with Crippen LogP contribution in [0, 0.1) is 11.8 Å². The lowest BCUT2D eigenvalue weighted by atomic mass is 9.96. The van der Waals surface area contributed by atoms with Gasteiger partial charge in [-0.2, -0.15) is 0 Å². The first-order valence-electron chi connectivity index (χ1n) is 7.10. The van der Waals surface area contributed by atoms with Crippen LogP contribution in [0.2, 0.25) is 0 Å². The molecule has 104 valence electrons. The molecular formula is C14H26N2O2. The van der Waals surface area contributed by atoms with Crippen LogP contribution in [0.4, 0.5) is 0 Å². The summed E-state index contributed by atoms with van der Waals surface area (Å²) in [5.41, 5.74) is 0. The Morgan fingerprint density at radius 2 is 2.11 bits per heavy atom. The molecule has 1 unspecified atom stereocenters. The quantitative estimate of drug-likeness (QED) is 0.813. The standard InChI is InChI=1S/C14H26N2O2/c1-4-15-14(18)12-6-5-9-16(10-12)13(17)8-7-11(2)3/h11-12H,4-10H2,1-3H3,(H,15,18). The van der Waals surface area contributed by atoms with Crippen molar-refractivity contribution in [3.63, 3.8) is 0 Å². The molecule has 0 bridgehead atoms. The molecule has 1 rings (SSSR count). The van der Waals surface area contributed by atoms with Crippen LogP contribution in [-0.4, -0.2) is 36.3 Å². The molecule has 1 saturated heterocycles. The van der Waals surface area contributed by atoms with Crippen molar-refractivity contribution in [3.8, 4) is 0 Å². The van der Waals surface area contributed by atoms with Gasteiger partial charge in [0.15, 0.2) is 0 Å². The van der Waals surface area contributed by atoms with Crippen LogP contribution >= 0.6 is 0 Å². The van der Waals surface area contributed by atoms with Crippen molar-refractivity contribution in [2.45, 2.75) is 46.5 Å². The summed E-state index contributed by atoms with van der Waals surface area (Å²) in [7, 11) is 0. The summed E-state index contributed by atoms with van der Waals surface area (Å²) >= 11 is 0. The maximum atomic E-state index is 12.0. The van der Waals surface area contributed by atoms with Crippen LogP contribution in [0.1, 0.15) is 46.5 Å². The molecule has 18 heavy (non-hydrogen) atoms. The Bertz CT molecular complexity index is 290. The molecule has 1 aliphatic heterocycles. The van der Waals surface area contributed by atoms with Gasteiger partial charge in [-0.15, -0.1) is 0 Å². The van der Waals surface area contributed by atoms with Crippen LogP contribution in [0.5, 0.6) is 0 Å². The molecule has 0 aliphatic carbocycles. The Labute approximate surface area is 110 Å². The van der Waals surface area contributed by atoms with E-state index >= 15 is 0 Å². The highest BCUT2D eigenvalue weighted by molar-refractivity contribution is 5.81. The first kappa shape index (κ1) is 15.0. The van der Waals surface area contributed by atoms with E-state index in [1.165, 1.54) is 0 Å². The minimum absolute atomic E-state index is 0.0123. The highest BCUT2D eigenvalue weighted by atomic mass is 16.2. The number of likely N-dealkylation sites (tertiary alicyclic amines) is 1. The molecule has 1 heterocycles. The van der Waals surface area contributed by atoms with E-state index in [4.69, 9.17) is 0 Å². The number of carbonyl (C=O) groups excluding carboxylic acids is 2. The Balaban J connectivity index is 2.42. The second-order valence-corrected chi connectivity index (χ2v) is 5.51. The molecule has 0 aromatic carbocycles. The van der Waals surface area contributed by atoms with Crippen LogP contribution in [0.3, 0.4) is 0 Å². The SMILES string of the molecule is CCNC(=O)C1CCCN(C(=O)CCC(C)C)C1. The first-order valence-corrected chi connectivity index (χ1v) is 7.10. The number of hydrogen-bond acceptors (Lipinski definition) is 2. The summed E-state index contributed by atoms with van der Waals surface area (Å²) in [6, 6.07) is 0. The second kappa shape index (κ2) is 7.39. The lowest BCUT2D eigenvalue weighted by molar-refractivity contribution is -0.135. The average molecular weight is 254 g/mol. The van der Waals surface area contributed by atoms with E-state index < -0.39 is 0 Å². The Hall–Kier alpha value is -1.06. The van der Waals surface area contributed by atoms with E-state index in [0.717, 1.165) is 25.8 Å². The summed E-state index contributed by atoms with van der Waals surface area (Å²) in [5.74, 6) is 0.844. The zero-order chi connectivity index (χ0) is 13.5. The summed E-state index contributed by atoms with van der Waals surface area (Å²) in [4.78, 5) is 25.7. The van der Waals surface area contributed by atoms with Crippen LogP contribution < -0.4 is 5.32 Å². The van der Waals surface area contributed by atoms with Crippen LogP contribution in [0.15, 0.2) is 0 Å². The third-order valence-corrected chi connectivity index (χ3v) is 3.43. The molecule has 0 radical (unpaired) electrons. The van der Waals surface area contributed by atoms with Gasteiger partial charge in [-0.25, -0.2) is 0 Å². The Kier molecular flexibility index (Phi) is 6.16. The van der Waals surface area contributed by atoms with Crippen molar-refractivity contribution in [1.29, 1.82) is 0 Å². The molecule has 0 saturated carbocycles. The lowest BCUT2D eigenvalue weighted by Crippen LogP contribution is -2.45. The van der Waals surface area contributed by atoms with E-state index in [1.54, 1.807) is 0 Å². The molecule has 4 heteroatoms. The van der Waals surface area contributed by atoms with Crippen LogP contribution in [-0.2, 0) is 9.59 Å². The van der Waals surface area contributed by atoms with Gasteiger partial charge < -0.3 is 10.2 Å². The molecule has 0 spiro atoms. The smallest absolute Gasteiger partial charge is 0.224 e. The predicted molar refractivity (Wildman–Crippen MR) is 72.1 cm³/mol. The summed E-state index contributed by atoms with van der Waals surface area (Å²) in [5, 5.41) is 2.85. The van der Waals surface area contributed by atoms with E-state index in [2.05, 4.69) is 19.2 Å². The first-order chi connectivity index (χ1) is 8.54. The van der Waals surface area contributed by atoms with Gasteiger partial charge in [0.05, 0.1) is 5.92 Å². The maximum Gasteiger partial charge on any atom is 0.224 e. The molecule has 0 aromatic rings. The van der Waals surface area contributed by atoms with Gasteiger partial charge in [0, 0.05) is 26.1 Å². The van der Waals surface area contributed by atoms with Crippen molar-refractivity contribution in [2.75, 3.05) is 19.6 Å². The van der Waals surface area contributed by atoms with Crippen molar-refractivity contribution in [1.82, 2.24) is 10.2 Å². The topological polar surface area (TPSA) is 49.4 Å². The van der Waals surface area contributed by atoms with Gasteiger partial charge in [0.1, 0.15) is 0 Å². The third-order valence-electron chi connectivity index (χ3n) is 3.43. The minimum atomic E-state index is -0.0123. The fraction of sp³-hybridized carbons (Fsp3) is 0.857. The number of rotatable bonds is 5. The van der Waals surface area contributed by atoms with E-state index in [9.17, 15) is 9.59 Å². The zero-order valence-corrected chi connectivity index (χ0v) is 11.9. The average Bonchev–Trinajstić information content (AvgIpc) is 2.36. The Morgan fingerprint density at radius 3 is 2.72 bits per heavy atom. The number of amides is 2. The second-order valence-electron chi connectivity index (χ2n) is 5.51. The number of nitrogens with one attached hydrogen (secondary N) is 1. The fourth-order valence-electron chi connectivity index (χ4n) is 2.31. The molecular weight excluding hydrogens is 228 g/mol. The monoisotopic (exact) mass is 254 g/mol. The summed E-state index contributed by atoms with van der Waals surface area (Å²) < 4.78 is 0. The molecule has 1 atom stereocenters. The molecule has 1 fully saturated rings. The largest absolute Gasteiger partial charge is 0.356 e. The van der Waals surface area contributed by atoms with Crippen molar-refractivity contribution >= 4 is 11.8 Å². The van der Waals surface area contributed by atoms with Gasteiger partial charge in [-0.05, 0) is 32.1 Å². The highest BCUT2D eigenvalue weighted by Crippen LogP contribution is 2.18. The van der Waals surface area contributed by atoms with E-state index in [-0.39, 0.29) is 17.7 Å². The number of hydrogen-bond donors (Lipinski definition) is 1. The predicted octanol–water partition coefficient (Wildman–Crippen LogP) is 1.80. The van der Waals surface area contributed by atoms with E-state index in [0.29, 0.717) is 25.4 Å². The van der Waals surface area contributed by atoms with Crippen molar-refractivity contribution in [3.05, 3.63) is 0 Å². The molecule has 2 amide bonds. The highest BCUT2D eigenvalue weighted by Gasteiger charge is 2.27. The third kappa shape index (κ3) is 4.67. The normalized spacial score (nSPS) is 20.0. The fourth-order valence-corrected chi connectivity index (χ4v) is 2.31. The maximum absolute atomic E-state index is 12.0. The Morgan fingerprint density at radius 1 is 1.39 bits per heavy atom. The van der Waals surface area contributed by atoms with Gasteiger partial charge in [0.2, 0.25) is 11.8 Å². The molecule has 4 nitrogen and oxygen atoms in total. The number of nitrogens with zero attached hydrogens (tertiary/aromatic N) is 1. The van der Waals surface area contributed by atoms with Crippen molar-refractivity contribution < 1.29 is 9.59 Å². The van der Waals surface area contributed by atoms with Gasteiger partial charge in [-0.3, -0.25) is 9.59 Å². The zero-order valence-electron chi connectivity index (χ0n) is 11.9. The van der Waals surface area contributed by atoms with Crippen molar-refractivity contribution in [2.24, 2.45) is 11.8 Å². The molecule has 1 aliphatic rings. The minimum Gasteiger partial charge on any atom is -0.356 e. The number of carbonyl (C=O) groups is 2. The van der Waals surface area contributed by atoms with E-state index in [1.807, 2.05) is 11.8 Å². The molecule has 0 aromatic heterocycles.